The van der Waals surface area contributed by atoms with Gasteiger partial charge in [-0.15, -0.1) is 0 Å². The van der Waals surface area contributed by atoms with Gasteiger partial charge in [-0.1, -0.05) is 32.9 Å². The summed E-state index contributed by atoms with van der Waals surface area (Å²) in [5.41, 5.74) is 1.20. The predicted octanol–water partition coefficient (Wildman–Crippen LogP) is 4.12. The topological polar surface area (TPSA) is 21.3 Å². The summed E-state index contributed by atoms with van der Waals surface area (Å²) in [6.45, 7) is 9.36. The number of benzene rings is 1. The molecule has 0 aliphatic rings. The molecule has 0 aliphatic carbocycles. The Morgan fingerprint density at radius 2 is 2.00 bits per heavy atom. The Morgan fingerprint density at radius 3 is 2.59 bits per heavy atom. The lowest BCUT2D eigenvalue weighted by Crippen LogP contribution is -2.22. The van der Waals surface area contributed by atoms with Crippen LogP contribution in [0.4, 0.5) is 0 Å². The summed E-state index contributed by atoms with van der Waals surface area (Å²) in [5, 5.41) is 3.42. The number of rotatable bonds is 6. The first-order valence-corrected chi connectivity index (χ1v) is 7.01. The zero-order chi connectivity index (χ0) is 12.8. The largest absolute Gasteiger partial charge is 0.489 e. The molecule has 0 heterocycles. The second-order valence-corrected chi connectivity index (χ2v) is 5.45. The third-order valence-corrected chi connectivity index (χ3v) is 3.27. The lowest BCUT2D eigenvalue weighted by Gasteiger charge is -2.18. The molecular weight excluding hydrogens is 278 g/mol. The third kappa shape index (κ3) is 4.68. The number of hydrogen-bond acceptors (Lipinski definition) is 2. The second kappa shape index (κ2) is 7.02. The Bertz CT molecular complexity index is 352. The van der Waals surface area contributed by atoms with Crippen LogP contribution < -0.4 is 10.1 Å². The minimum absolute atomic E-state index is 0.242. The van der Waals surface area contributed by atoms with Crippen LogP contribution in [0.2, 0.25) is 0 Å². The molecule has 0 saturated heterocycles. The molecule has 0 saturated carbocycles. The predicted molar refractivity (Wildman–Crippen MR) is 76.5 cm³/mol. The molecule has 3 heteroatoms. The van der Waals surface area contributed by atoms with Crippen LogP contribution in [0.15, 0.2) is 22.7 Å². The average Bonchev–Trinajstić information content (AvgIpc) is 2.29. The fourth-order valence-corrected chi connectivity index (χ4v) is 1.92. The highest BCUT2D eigenvalue weighted by Gasteiger charge is 2.11. The summed E-state index contributed by atoms with van der Waals surface area (Å²) in [4.78, 5) is 0. The van der Waals surface area contributed by atoms with Gasteiger partial charge in [-0.3, -0.25) is 0 Å². The Kier molecular flexibility index (Phi) is 6.00. The van der Waals surface area contributed by atoms with Crippen LogP contribution in [0.3, 0.4) is 0 Å². The molecule has 0 spiro atoms. The molecule has 96 valence electrons. The molecule has 1 unspecified atom stereocenters. The summed E-state index contributed by atoms with van der Waals surface area (Å²) < 4.78 is 7.00. The molecule has 1 atom stereocenters. The van der Waals surface area contributed by atoms with Gasteiger partial charge in [0, 0.05) is 18.2 Å². The van der Waals surface area contributed by atoms with E-state index in [-0.39, 0.29) is 6.10 Å². The molecule has 0 aromatic heterocycles. The van der Waals surface area contributed by atoms with E-state index in [0.717, 1.165) is 23.2 Å². The molecule has 0 amide bonds. The van der Waals surface area contributed by atoms with E-state index < -0.39 is 0 Å². The van der Waals surface area contributed by atoms with E-state index in [1.165, 1.54) is 5.56 Å². The van der Waals surface area contributed by atoms with E-state index in [0.29, 0.717) is 6.04 Å². The summed E-state index contributed by atoms with van der Waals surface area (Å²) in [5.74, 6) is 0.968. The van der Waals surface area contributed by atoms with E-state index in [1.54, 1.807) is 0 Å². The van der Waals surface area contributed by atoms with E-state index in [4.69, 9.17) is 4.74 Å². The summed E-state index contributed by atoms with van der Waals surface area (Å²) in [7, 11) is 0. The summed E-state index contributed by atoms with van der Waals surface area (Å²) >= 11 is 3.56. The van der Waals surface area contributed by atoms with Gasteiger partial charge in [-0.25, -0.2) is 0 Å². The molecule has 0 aliphatic heterocycles. The molecule has 1 aromatic carbocycles. The van der Waals surface area contributed by atoms with Crippen molar-refractivity contribution in [1.29, 1.82) is 0 Å². The maximum Gasteiger partial charge on any atom is 0.138 e. The molecule has 1 N–H and O–H groups in total. The van der Waals surface area contributed by atoms with Gasteiger partial charge in [0.05, 0.1) is 10.6 Å². The highest BCUT2D eigenvalue weighted by atomic mass is 79.9. The Labute approximate surface area is 113 Å². The SMILES string of the molecule is CCC(C)Oc1c(Br)cccc1CNC(C)C. The minimum Gasteiger partial charge on any atom is -0.489 e. The smallest absolute Gasteiger partial charge is 0.138 e. The van der Waals surface area contributed by atoms with Gasteiger partial charge in [0.15, 0.2) is 0 Å². The standard InChI is InChI=1S/C14H22BrNO/c1-5-11(4)17-14-12(9-16-10(2)3)7-6-8-13(14)15/h6-8,10-11,16H,5,9H2,1-4H3. The van der Waals surface area contributed by atoms with Crippen molar-refractivity contribution in [2.75, 3.05) is 0 Å². The quantitative estimate of drug-likeness (QED) is 0.853. The van der Waals surface area contributed by atoms with Crippen molar-refractivity contribution in [2.24, 2.45) is 0 Å². The average molecular weight is 300 g/mol. The van der Waals surface area contributed by atoms with Crippen molar-refractivity contribution in [3.63, 3.8) is 0 Å². The van der Waals surface area contributed by atoms with Crippen LogP contribution in [0.5, 0.6) is 5.75 Å². The molecule has 0 fully saturated rings. The van der Waals surface area contributed by atoms with E-state index >= 15 is 0 Å². The molecule has 0 bridgehead atoms. The fraction of sp³-hybridized carbons (Fsp3) is 0.571. The van der Waals surface area contributed by atoms with Crippen molar-refractivity contribution < 1.29 is 4.74 Å². The number of hydrogen-bond donors (Lipinski definition) is 1. The van der Waals surface area contributed by atoms with Gasteiger partial charge < -0.3 is 10.1 Å². The maximum atomic E-state index is 5.97. The first kappa shape index (κ1) is 14.5. The molecule has 1 aromatic rings. The molecular formula is C14H22BrNO. The number of ether oxygens (including phenoxy) is 1. The third-order valence-electron chi connectivity index (χ3n) is 2.64. The normalized spacial score (nSPS) is 12.8. The fourth-order valence-electron chi connectivity index (χ4n) is 1.42. The highest BCUT2D eigenvalue weighted by molar-refractivity contribution is 9.10. The molecule has 0 radical (unpaired) electrons. The van der Waals surface area contributed by atoms with Crippen molar-refractivity contribution in [2.45, 2.75) is 52.8 Å². The van der Waals surface area contributed by atoms with Crippen LogP contribution in [-0.4, -0.2) is 12.1 Å². The number of halogens is 1. The zero-order valence-electron chi connectivity index (χ0n) is 11.1. The monoisotopic (exact) mass is 299 g/mol. The van der Waals surface area contributed by atoms with Crippen LogP contribution in [0.25, 0.3) is 0 Å². The lowest BCUT2D eigenvalue weighted by molar-refractivity contribution is 0.213. The molecule has 17 heavy (non-hydrogen) atoms. The Balaban J connectivity index is 2.84. The van der Waals surface area contributed by atoms with Gasteiger partial charge in [-0.2, -0.15) is 0 Å². The van der Waals surface area contributed by atoms with Gasteiger partial charge in [0.2, 0.25) is 0 Å². The Hall–Kier alpha value is -0.540. The van der Waals surface area contributed by atoms with E-state index in [2.05, 4.69) is 55.0 Å². The van der Waals surface area contributed by atoms with Crippen molar-refractivity contribution in [1.82, 2.24) is 5.32 Å². The van der Waals surface area contributed by atoms with E-state index in [1.807, 2.05) is 12.1 Å². The number of nitrogens with one attached hydrogen (secondary N) is 1. The molecule has 1 rings (SSSR count). The van der Waals surface area contributed by atoms with Gasteiger partial charge in [0.25, 0.3) is 0 Å². The van der Waals surface area contributed by atoms with Crippen LogP contribution in [0, 0.1) is 0 Å². The van der Waals surface area contributed by atoms with Gasteiger partial charge in [-0.05, 0) is 35.3 Å². The highest BCUT2D eigenvalue weighted by Crippen LogP contribution is 2.30. The summed E-state index contributed by atoms with van der Waals surface area (Å²) in [6, 6.07) is 6.66. The first-order valence-electron chi connectivity index (χ1n) is 6.22. The Morgan fingerprint density at radius 1 is 1.29 bits per heavy atom. The van der Waals surface area contributed by atoms with E-state index in [9.17, 15) is 0 Å². The van der Waals surface area contributed by atoms with Crippen molar-refractivity contribution in [3.05, 3.63) is 28.2 Å². The van der Waals surface area contributed by atoms with Crippen LogP contribution >= 0.6 is 15.9 Å². The van der Waals surface area contributed by atoms with Crippen molar-refractivity contribution >= 4 is 15.9 Å². The van der Waals surface area contributed by atoms with Crippen molar-refractivity contribution in [3.8, 4) is 5.75 Å². The second-order valence-electron chi connectivity index (χ2n) is 4.60. The summed E-state index contributed by atoms with van der Waals surface area (Å²) in [6.07, 6.45) is 1.25. The minimum atomic E-state index is 0.242. The van der Waals surface area contributed by atoms with Crippen LogP contribution in [0.1, 0.15) is 39.7 Å². The molecule has 2 nitrogen and oxygen atoms in total. The van der Waals surface area contributed by atoms with Gasteiger partial charge in [0.1, 0.15) is 5.75 Å². The first-order chi connectivity index (χ1) is 8.04. The zero-order valence-corrected chi connectivity index (χ0v) is 12.7. The van der Waals surface area contributed by atoms with Gasteiger partial charge >= 0.3 is 0 Å². The number of para-hydroxylation sites is 1. The maximum absolute atomic E-state index is 5.97. The lowest BCUT2D eigenvalue weighted by atomic mass is 10.2. The van der Waals surface area contributed by atoms with Crippen LogP contribution in [-0.2, 0) is 6.54 Å².